The largest absolute Gasteiger partial charge is 0.502 e. The Balaban J connectivity index is 1.92. The maximum Gasteiger partial charge on any atom is 0.342 e. The second kappa shape index (κ2) is 7.87. The number of H-pyrrole nitrogens is 2. The summed E-state index contributed by atoms with van der Waals surface area (Å²) in [5.74, 6) is -1.25. The average Bonchev–Trinajstić information content (AvgIpc) is 2.55. The molecule has 0 radical (unpaired) electrons. The molecule has 13 heteroatoms. The molecule has 12 nitrogen and oxygen atoms in total. The Labute approximate surface area is 142 Å². The van der Waals surface area contributed by atoms with Gasteiger partial charge in [-0.2, -0.15) is 10.2 Å². The summed E-state index contributed by atoms with van der Waals surface area (Å²) in [6.45, 7) is 0. The minimum absolute atomic E-state index is 0.0899. The number of rotatable bonds is 6. The van der Waals surface area contributed by atoms with Gasteiger partial charge in [0.25, 0.3) is 5.56 Å². The number of nitrogens with zero attached hydrogens (tertiary/aromatic N) is 3. The van der Waals surface area contributed by atoms with Crippen molar-refractivity contribution in [1.82, 2.24) is 20.6 Å². The highest BCUT2D eigenvalue weighted by atomic mass is 32.2. The number of phenols is 1. The predicted molar refractivity (Wildman–Crippen MR) is 86.7 cm³/mol. The third-order valence-corrected chi connectivity index (χ3v) is 3.58. The van der Waals surface area contributed by atoms with Crippen molar-refractivity contribution >= 4 is 29.6 Å². The van der Waals surface area contributed by atoms with Gasteiger partial charge in [-0.15, -0.1) is 0 Å². The average molecular weight is 366 g/mol. The lowest BCUT2D eigenvalue weighted by Crippen LogP contribution is -2.26. The van der Waals surface area contributed by atoms with Crippen molar-refractivity contribution in [3.8, 4) is 5.75 Å². The highest BCUT2D eigenvalue weighted by Gasteiger charge is 2.12. The molecule has 1 heterocycles. The van der Waals surface area contributed by atoms with Crippen molar-refractivity contribution in [3.05, 3.63) is 54.7 Å². The van der Waals surface area contributed by atoms with Gasteiger partial charge in [0.15, 0.2) is 10.8 Å². The summed E-state index contributed by atoms with van der Waals surface area (Å²) in [7, 11) is 0. The third-order valence-electron chi connectivity index (χ3n) is 2.62. The van der Waals surface area contributed by atoms with Gasteiger partial charge in [0.2, 0.25) is 5.91 Å². The SMILES string of the molecule is O=C(CSc1n[nH]c(=O)[nH]c1=O)NN=Cc1ccc(O)c([N+](=O)[O-])c1. The summed E-state index contributed by atoms with van der Waals surface area (Å²) in [6, 6.07) is 3.59. The number of carbonyl (C=O) groups is 1. The number of hydrogen-bond acceptors (Lipinski definition) is 9. The molecule has 0 spiro atoms. The standard InChI is InChI=1S/C12H10N6O6S/c19-8-2-1-6(3-7(8)18(23)24)4-13-15-9(20)5-25-11-10(21)14-12(22)17-16-11/h1-4,19H,5H2,(H,15,20)(H2,14,17,21,22). The maximum atomic E-state index is 11.6. The van der Waals surface area contributed by atoms with Gasteiger partial charge < -0.3 is 5.11 Å². The third kappa shape index (κ3) is 5.00. The summed E-state index contributed by atoms with van der Waals surface area (Å²) in [5, 5.41) is 29.1. The Morgan fingerprint density at radius 1 is 1.48 bits per heavy atom. The van der Waals surface area contributed by atoms with E-state index < -0.39 is 33.5 Å². The normalized spacial score (nSPS) is 10.7. The van der Waals surface area contributed by atoms with Gasteiger partial charge in [0, 0.05) is 11.6 Å². The van der Waals surface area contributed by atoms with E-state index in [1.165, 1.54) is 6.07 Å². The number of aromatic amines is 2. The minimum atomic E-state index is -0.758. The molecule has 25 heavy (non-hydrogen) atoms. The van der Waals surface area contributed by atoms with Gasteiger partial charge in [-0.3, -0.25) is 24.7 Å². The molecule has 0 aliphatic rings. The topological polar surface area (TPSA) is 183 Å². The number of hydrazone groups is 1. The molecule has 0 unspecified atom stereocenters. The van der Waals surface area contributed by atoms with Crippen LogP contribution in [0.2, 0.25) is 0 Å². The van der Waals surface area contributed by atoms with Gasteiger partial charge in [-0.05, 0) is 12.1 Å². The van der Waals surface area contributed by atoms with Gasteiger partial charge in [-0.25, -0.2) is 15.3 Å². The monoisotopic (exact) mass is 366 g/mol. The molecule has 4 N–H and O–H groups in total. The fourth-order valence-electron chi connectivity index (χ4n) is 1.55. The number of nitro benzene ring substituents is 1. The predicted octanol–water partition coefficient (Wildman–Crippen LogP) is -0.686. The van der Waals surface area contributed by atoms with Crippen LogP contribution in [0.1, 0.15) is 5.56 Å². The van der Waals surface area contributed by atoms with E-state index in [1.54, 1.807) is 0 Å². The van der Waals surface area contributed by atoms with Crippen LogP contribution in [0.3, 0.4) is 0 Å². The van der Waals surface area contributed by atoms with Gasteiger partial charge in [-0.1, -0.05) is 11.8 Å². The number of nitrogens with one attached hydrogen (secondary N) is 3. The molecular weight excluding hydrogens is 356 g/mol. The Bertz CT molecular complexity index is 952. The number of carbonyl (C=O) groups excluding carboxylic acids is 1. The zero-order valence-corrected chi connectivity index (χ0v) is 13.1. The van der Waals surface area contributed by atoms with E-state index in [-0.39, 0.29) is 16.3 Å². The van der Waals surface area contributed by atoms with Crippen LogP contribution in [0.4, 0.5) is 5.69 Å². The Hall–Kier alpha value is -3.48. The second-order valence-corrected chi connectivity index (χ2v) is 5.36. The molecule has 0 aliphatic heterocycles. The number of phenolic OH excluding ortho intramolecular Hbond substituents is 1. The summed E-state index contributed by atoms with van der Waals surface area (Å²) < 4.78 is 0. The summed E-state index contributed by atoms with van der Waals surface area (Å²) in [6.07, 6.45) is 1.15. The molecule has 130 valence electrons. The molecule has 0 saturated heterocycles. The van der Waals surface area contributed by atoms with Crippen molar-refractivity contribution < 1.29 is 14.8 Å². The van der Waals surface area contributed by atoms with E-state index in [2.05, 4.69) is 15.6 Å². The van der Waals surface area contributed by atoms with Crippen molar-refractivity contribution in [2.75, 3.05) is 5.75 Å². The summed E-state index contributed by atoms with van der Waals surface area (Å²) in [4.78, 5) is 45.7. The van der Waals surface area contributed by atoms with Crippen molar-refractivity contribution in [3.63, 3.8) is 0 Å². The van der Waals surface area contributed by atoms with Crippen molar-refractivity contribution in [1.29, 1.82) is 0 Å². The molecule has 0 saturated carbocycles. The van der Waals surface area contributed by atoms with E-state index in [9.17, 15) is 29.6 Å². The Morgan fingerprint density at radius 3 is 2.92 bits per heavy atom. The first-order chi connectivity index (χ1) is 11.9. The molecule has 2 rings (SSSR count). The Kier molecular flexibility index (Phi) is 5.62. The molecule has 0 aliphatic carbocycles. The van der Waals surface area contributed by atoms with Gasteiger partial charge in [0.1, 0.15) is 0 Å². The van der Waals surface area contributed by atoms with E-state index in [4.69, 9.17) is 0 Å². The molecule has 0 fully saturated rings. The van der Waals surface area contributed by atoms with Crippen LogP contribution in [0.15, 0.2) is 37.9 Å². The number of hydrogen-bond donors (Lipinski definition) is 4. The summed E-state index contributed by atoms with van der Waals surface area (Å²) in [5.41, 5.74) is 0.479. The van der Waals surface area contributed by atoms with Gasteiger partial charge in [0.05, 0.1) is 16.9 Å². The van der Waals surface area contributed by atoms with Crippen LogP contribution in [0.5, 0.6) is 5.75 Å². The first-order valence-corrected chi connectivity index (χ1v) is 7.46. The van der Waals surface area contributed by atoms with Crippen molar-refractivity contribution in [2.45, 2.75) is 5.03 Å². The molecular formula is C12H10N6O6S. The number of aromatic nitrogens is 3. The lowest BCUT2D eigenvalue weighted by Gasteiger charge is -1.99. The molecule has 1 aromatic heterocycles. The molecule has 0 atom stereocenters. The zero-order chi connectivity index (χ0) is 18.4. The molecule has 1 amide bonds. The van der Waals surface area contributed by atoms with Crippen LogP contribution in [0, 0.1) is 10.1 Å². The first-order valence-electron chi connectivity index (χ1n) is 6.48. The number of aromatic hydroxyl groups is 1. The van der Waals surface area contributed by atoms with Crippen molar-refractivity contribution in [2.24, 2.45) is 5.10 Å². The lowest BCUT2D eigenvalue weighted by molar-refractivity contribution is -0.385. The minimum Gasteiger partial charge on any atom is -0.502 e. The van der Waals surface area contributed by atoms with E-state index in [0.29, 0.717) is 0 Å². The van der Waals surface area contributed by atoms with Crippen LogP contribution in [0.25, 0.3) is 0 Å². The Morgan fingerprint density at radius 2 is 2.24 bits per heavy atom. The maximum absolute atomic E-state index is 11.6. The lowest BCUT2D eigenvalue weighted by atomic mass is 10.2. The first kappa shape index (κ1) is 17.9. The van der Waals surface area contributed by atoms with E-state index in [1.807, 2.05) is 10.1 Å². The zero-order valence-electron chi connectivity index (χ0n) is 12.3. The summed E-state index contributed by atoms with van der Waals surface area (Å²) >= 11 is 0.785. The number of thioether (sulfide) groups is 1. The number of nitro groups is 1. The molecule has 0 bridgehead atoms. The second-order valence-electron chi connectivity index (χ2n) is 4.40. The number of benzene rings is 1. The quantitative estimate of drug-likeness (QED) is 0.224. The highest BCUT2D eigenvalue weighted by Crippen LogP contribution is 2.25. The molecule has 2 aromatic rings. The van der Waals surface area contributed by atoms with Gasteiger partial charge >= 0.3 is 11.4 Å². The smallest absolute Gasteiger partial charge is 0.342 e. The fraction of sp³-hybridized carbons (Fsp3) is 0.0833. The van der Waals surface area contributed by atoms with Crippen LogP contribution in [-0.4, -0.2) is 43.1 Å². The van der Waals surface area contributed by atoms with E-state index >= 15 is 0 Å². The van der Waals surface area contributed by atoms with Crippen LogP contribution < -0.4 is 16.7 Å². The number of amides is 1. The van der Waals surface area contributed by atoms with Crippen LogP contribution in [-0.2, 0) is 4.79 Å². The van der Waals surface area contributed by atoms with E-state index in [0.717, 1.165) is 30.1 Å². The highest BCUT2D eigenvalue weighted by molar-refractivity contribution is 7.99. The van der Waals surface area contributed by atoms with Crippen LogP contribution >= 0.6 is 11.8 Å². The fourth-order valence-corrected chi connectivity index (χ4v) is 2.17. The molecule has 1 aromatic carbocycles.